The van der Waals surface area contributed by atoms with Crippen molar-refractivity contribution in [3.8, 4) is 22.9 Å². The van der Waals surface area contributed by atoms with Gasteiger partial charge in [-0.25, -0.2) is 9.37 Å². The molecule has 0 saturated carbocycles. The summed E-state index contributed by atoms with van der Waals surface area (Å²) in [6.45, 7) is 2.54. The van der Waals surface area contributed by atoms with E-state index in [1.807, 2.05) is 19.1 Å². The number of rotatable bonds is 5. The molecular weight excluding hydrogens is 425 g/mol. The minimum absolute atomic E-state index is 0.0528. The molecule has 0 fully saturated rings. The van der Waals surface area contributed by atoms with Gasteiger partial charge in [0, 0.05) is 36.0 Å². The van der Waals surface area contributed by atoms with Gasteiger partial charge in [-0.05, 0) is 24.3 Å². The number of para-hydroxylation sites is 1. The first kappa shape index (κ1) is 20.7. The van der Waals surface area contributed by atoms with Gasteiger partial charge in [-0.2, -0.15) is 0 Å². The molecule has 4 heterocycles. The van der Waals surface area contributed by atoms with E-state index in [9.17, 15) is 9.18 Å². The number of H-pyrrole nitrogens is 1. The highest BCUT2D eigenvalue weighted by atomic mass is 19.1. The van der Waals surface area contributed by atoms with Crippen molar-refractivity contribution in [3.05, 3.63) is 59.7 Å². The Morgan fingerprint density at radius 1 is 1.15 bits per heavy atom. The number of nitrogens with zero attached hydrogens (tertiary/aromatic N) is 2. The van der Waals surface area contributed by atoms with Crippen LogP contribution in [0.4, 0.5) is 15.8 Å². The summed E-state index contributed by atoms with van der Waals surface area (Å²) in [5, 5.41) is 6.17. The zero-order chi connectivity index (χ0) is 23.1. The third kappa shape index (κ3) is 3.42. The third-order valence-corrected chi connectivity index (χ3v) is 5.79. The molecule has 1 aliphatic rings. The van der Waals surface area contributed by atoms with Gasteiger partial charge in [0.25, 0.3) is 5.91 Å². The summed E-state index contributed by atoms with van der Waals surface area (Å²) in [4.78, 5) is 25.4. The van der Waals surface area contributed by atoms with Crippen LogP contribution in [0.5, 0.6) is 11.6 Å². The summed E-state index contributed by atoms with van der Waals surface area (Å²) in [5.41, 5.74) is 4.83. The molecule has 0 saturated heterocycles. The zero-order valence-corrected chi connectivity index (χ0v) is 18.3. The summed E-state index contributed by atoms with van der Waals surface area (Å²) >= 11 is 0. The lowest BCUT2D eigenvalue weighted by Gasteiger charge is -2.20. The monoisotopic (exact) mass is 447 g/mol. The smallest absolute Gasteiger partial charge is 0.255 e. The number of aromatic nitrogens is 3. The van der Waals surface area contributed by atoms with E-state index in [1.54, 1.807) is 31.5 Å². The van der Waals surface area contributed by atoms with E-state index in [2.05, 4.69) is 25.6 Å². The number of carbonyl (C=O) groups excluding carboxylic acids is 1. The highest BCUT2D eigenvalue weighted by Crippen LogP contribution is 2.42. The van der Waals surface area contributed by atoms with Gasteiger partial charge >= 0.3 is 0 Å². The maximum atomic E-state index is 14.4. The number of anilines is 2. The van der Waals surface area contributed by atoms with Gasteiger partial charge in [-0.15, -0.1) is 0 Å². The van der Waals surface area contributed by atoms with Crippen LogP contribution in [0.3, 0.4) is 0 Å². The Kier molecular flexibility index (Phi) is 5.08. The molecule has 1 amide bonds. The maximum Gasteiger partial charge on any atom is 0.255 e. The predicted molar refractivity (Wildman–Crippen MR) is 123 cm³/mol. The number of nitrogens with one attached hydrogen (secondary N) is 3. The predicted octanol–water partition coefficient (Wildman–Crippen LogP) is 4.37. The molecule has 0 unspecified atom stereocenters. The molecule has 4 aromatic rings. The fourth-order valence-electron chi connectivity index (χ4n) is 4.16. The first-order valence-electron chi connectivity index (χ1n) is 10.5. The van der Waals surface area contributed by atoms with E-state index in [1.165, 1.54) is 13.2 Å². The molecule has 1 aromatic carbocycles. The average Bonchev–Trinajstić information content (AvgIpc) is 3.21. The lowest BCUT2D eigenvalue weighted by molar-refractivity contribution is 0.0942. The lowest BCUT2D eigenvalue weighted by atomic mass is 9.98. The summed E-state index contributed by atoms with van der Waals surface area (Å²) in [6.07, 6.45) is 1.68. The summed E-state index contributed by atoms with van der Waals surface area (Å²) in [7, 11) is 2.95. The van der Waals surface area contributed by atoms with Crippen LogP contribution in [0.1, 0.15) is 28.9 Å². The minimum atomic E-state index is -0.507. The Morgan fingerprint density at radius 2 is 2.00 bits per heavy atom. The standard InChI is InChI=1S/C24H22FN5O3/c1-12-11-27-24(31)18-19(12)30-21(22(18)28-16-6-4-5-14(25)23(16)33-3)13-9-10-26-15-7-8-17(32-2)29-20(13)15/h4-10,12,28,30H,11H2,1-3H3,(H,27,31)/t12-/m0/s1. The Labute approximate surface area is 189 Å². The van der Waals surface area contributed by atoms with Crippen molar-refractivity contribution >= 4 is 28.3 Å². The molecule has 0 radical (unpaired) electrons. The van der Waals surface area contributed by atoms with Crippen molar-refractivity contribution in [1.29, 1.82) is 0 Å². The molecule has 3 aromatic heterocycles. The number of hydrogen-bond acceptors (Lipinski definition) is 6. The highest BCUT2D eigenvalue weighted by Gasteiger charge is 2.32. The Balaban J connectivity index is 1.78. The van der Waals surface area contributed by atoms with E-state index in [0.29, 0.717) is 46.1 Å². The second-order valence-electron chi connectivity index (χ2n) is 7.80. The fourth-order valence-corrected chi connectivity index (χ4v) is 4.16. The number of ether oxygens (including phenoxy) is 2. The van der Waals surface area contributed by atoms with Crippen molar-refractivity contribution in [2.24, 2.45) is 0 Å². The third-order valence-electron chi connectivity index (χ3n) is 5.79. The van der Waals surface area contributed by atoms with Gasteiger partial charge in [-0.1, -0.05) is 13.0 Å². The first-order chi connectivity index (χ1) is 16.0. The molecule has 5 rings (SSSR count). The second kappa shape index (κ2) is 8.09. The minimum Gasteiger partial charge on any atom is -0.492 e. The number of hydrogen-bond donors (Lipinski definition) is 3. The van der Waals surface area contributed by atoms with Crippen molar-refractivity contribution in [2.45, 2.75) is 12.8 Å². The lowest BCUT2D eigenvalue weighted by Crippen LogP contribution is -2.33. The molecule has 3 N–H and O–H groups in total. The molecule has 0 aliphatic carbocycles. The van der Waals surface area contributed by atoms with Gasteiger partial charge in [0.2, 0.25) is 5.88 Å². The Hall–Kier alpha value is -4.14. The quantitative estimate of drug-likeness (QED) is 0.420. The van der Waals surface area contributed by atoms with Crippen LogP contribution in [-0.4, -0.2) is 41.6 Å². The Bertz CT molecular complexity index is 1380. The second-order valence-corrected chi connectivity index (χ2v) is 7.80. The van der Waals surface area contributed by atoms with Gasteiger partial charge in [0.15, 0.2) is 11.6 Å². The van der Waals surface area contributed by atoms with E-state index in [4.69, 9.17) is 9.47 Å². The van der Waals surface area contributed by atoms with E-state index in [-0.39, 0.29) is 17.6 Å². The van der Waals surface area contributed by atoms with Crippen LogP contribution in [0, 0.1) is 5.82 Å². The van der Waals surface area contributed by atoms with Crippen LogP contribution in [0.2, 0.25) is 0 Å². The molecule has 8 nitrogen and oxygen atoms in total. The van der Waals surface area contributed by atoms with Crippen molar-refractivity contribution in [1.82, 2.24) is 20.3 Å². The van der Waals surface area contributed by atoms with E-state index >= 15 is 0 Å². The van der Waals surface area contributed by atoms with Gasteiger partial charge in [0.05, 0.1) is 42.4 Å². The van der Waals surface area contributed by atoms with Crippen LogP contribution < -0.4 is 20.1 Å². The number of benzene rings is 1. The molecule has 9 heteroatoms. The van der Waals surface area contributed by atoms with Crippen molar-refractivity contribution in [2.75, 3.05) is 26.1 Å². The number of amides is 1. The normalized spacial score (nSPS) is 15.2. The van der Waals surface area contributed by atoms with Crippen LogP contribution >= 0.6 is 0 Å². The SMILES string of the molecule is COc1ccc2nccc(-c3[nH]c4c(c3Nc3cccc(F)c3OC)C(=O)NC[C@@H]4C)c2n1. The fraction of sp³-hybridized carbons (Fsp3) is 0.208. The average molecular weight is 447 g/mol. The number of methoxy groups -OCH3 is 2. The number of carbonyl (C=O) groups is 1. The van der Waals surface area contributed by atoms with Crippen LogP contribution in [-0.2, 0) is 0 Å². The molecular formula is C24H22FN5O3. The van der Waals surface area contributed by atoms with Crippen molar-refractivity contribution < 1.29 is 18.7 Å². The molecule has 0 bridgehead atoms. The largest absolute Gasteiger partial charge is 0.492 e. The molecule has 168 valence electrons. The number of halogens is 1. The number of fused-ring (bicyclic) bond motifs is 2. The van der Waals surface area contributed by atoms with Crippen molar-refractivity contribution in [3.63, 3.8) is 0 Å². The number of aromatic amines is 1. The zero-order valence-electron chi connectivity index (χ0n) is 18.3. The first-order valence-corrected chi connectivity index (χ1v) is 10.5. The van der Waals surface area contributed by atoms with Gasteiger partial charge in [-0.3, -0.25) is 9.78 Å². The molecule has 33 heavy (non-hydrogen) atoms. The molecule has 0 spiro atoms. The van der Waals surface area contributed by atoms with Crippen LogP contribution in [0.15, 0.2) is 42.6 Å². The number of pyridine rings is 2. The molecule has 1 atom stereocenters. The summed E-state index contributed by atoms with van der Waals surface area (Å²) in [6, 6.07) is 9.98. The topological polar surface area (TPSA) is 101 Å². The van der Waals surface area contributed by atoms with E-state index in [0.717, 1.165) is 11.3 Å². The van der Waals surface area contributed by atoms with Gasteiger partial charge in [0.1, 0.15) is 5.52 Å². The van der Waals surface area contributed by atoms with Crippen LogP contribution in [0.25, 0.3) is 22.3 Å². The van der Waals surface area contributed by atoms with E-state index < -0.39 is 5.82 Å². The maximum absolute atomic E-state index is 14.4. The highest BCUT2D eigenvalue weighted by molar-refractivity contribution is 6.08. The van der Waals surface area contributed by atoms with Gasteiger partial charge < -0.3 is 25.1 Å². The molecule has 1 aliphatic heterocycles. The Morgan fingerprint density at radius 3 is 2.79 bits per heavy atom. The summed E-state index contributed by atoms with van der Waals surface area (Å²) in [5.74, 6) is -0.168. The summed E-state index contributed by atoms with van der Waals surface area (Å²) < 4.78 is 25.0.